The van der Waals surface area contributed by atoms with Crippen LogP contribution in [0.1, 0.15) is 17.7 Å². The van der Waals surface area contributed by atoms with Gasteiger partial charge in [-0.15, -0.1) is 13.2 Å². The van der Waals surface area contributed by atoms with Gasteiger partial charge in [-0.25, -0.2) is 13.8 Å². The van der Waals surface area contributed by atoms with Crippen molar-refractivity contribution in [3.05, 3.63) is 17.3 Å². The zero-order valence-electron chi connectivity index (χ0n) is 8.61. The average molecular weight is 296 g/mol. The monoisotopic (exact) mass is 296 g/mol. The van der Waals surface area contributed by atoms with Crippen molar-refractivity contribution in [1.82, 2.24) is 4.98 Å². The van der Waals surface area contributed by atoms with Crippen LogP contribution in [0.15, 0.2) is 6.07 Å². The zero-order chi connectivity index (χ0) is 15.0. The third-order valence-electron chi connectivity index (χ3n) is 1.78. The van der Waals surface area contributed by atoms with Crippen molar-refractivity contribution in [1.29, 1.82) is 0 Å². The molecule has 0 aliphatic heterocycles. The molecule has 0 radical (unpaired) electrons. The fourth-order valence-corrected chi connectivity index (χ4v) is 1.10. The van der Waals surface area contributed by atoms with Gasteiger partial charge in [0.25, 0.3) is 6.43 Å². The number of hydrogen-bond acceptors (Lipinski definition) is 3. The number of pyridine rings is 1. The Morgan fingerprint density at radius 1 is 1.11 bits per heavy atom. The van der Waals surface area contributed by atoms with E-state index in [4.69, 9.17) is 5.73 Å². The van der Waals surface area contributed by atoms with E-state index in [9.17, 15) is 35.1 Å². The second-order valence-electron chi connectivity index (χ2n) is 3.16. The van der Waals surface area contributed by atoms with E-state index < -0.39 is 41.8 Å². The van der Waals surface area contributed by atoms with E-state index in [0.717, 1.165) is 0 Å². The van der Waals surface area contributed by atoms with Gasteiger partial charge in [0.15, 0.2) is 5.69 Å². The van der Waals surface area contributed by atoms with Gasteiger partial charge in [0.2, 0.25) is 5.88 Å². The second kappa shape index (κ2) is 4.70. The molecule has 0 amide bonds. The Morgan fingerprint density at radius 2 is 1.63 bits per heavy atom. The molecule has 11 heteroatoms. The van der Waals surface area contributed by atoms with E-state index in [-0.39, 0.29) is 6.07 Å². The summed E-state index contributed by atoms with van der Waals surface area (Å²) in [6, 6.07) is 0.00469. The van der Waals surface area contributed by atoms with Gasteiger partial charge in [-0.2, -0.15) is 13.2 Å². The Balaban J connectivity index is 3.42. The Morgan fingerprint density at radius 3 is 2.00 bits per heavy atom. The molecule has 0 saturated carbocycles. The zero-order valence-corrected chi connectivity index (χ0v) is 8.61. The number of anilines is 1. The summed E-state index contributed by atoms with van der Waals surface area (Å²) in [5.74, 6) is -1.92. The molecule has 0 fully saturated rings. The third kappa shape index (κ3) is 3.83. The molecule has 1 rings (SSSR count). The number of hydrogen-bond donors (Lipinski definition) is 1. The maximum atomic E-state index is 12.4. The van der Waals surface area contributed by atoms with Gasteiger partial charge in [-0.05, 0) is 6.07 Å². The molecule has 0 spiro atoms. The number of nitrogens with two attached hydrogens (primary N) is 1. The number of halogens is 8. The molecule has 0 bridgehead atoms. The largest absolute Gasteiger partial charge is 0.574 e. The highest BCUT2D eigenvalue weighted by atomic mass is 19.4. The number of rotatable bonds is 2. The summed E-state index contributed by atoms with van der Waals surface area (Å²) in [4.78, 5) is 2.38. The predicted octanol–water partition coefficient (Wildman–Crippen LogP) is 3.52. The van der Waals surface area contributed by atoms with Crippen LogP contribution in [0.2, 0.25) is 0 Å². The van der Waals surface area contributed by atoms with Crippen molar-refractivity contribution in [2.45, 2.75) is 19.0 Å². The summed E-state index contributed by atoms with van der Waals surface area (Å²) in [6.07, 6.45) is -14.2. The molecule has 0 aromatic carbocycles. The van der Waals surface area contributed by atoms with Crippen molar-refractivity contribution in [3.8, 4) is 5.88 Å². The first kappa shape index (κ1) is 15.2. The molecule has 0 saturated heterocycles. The van der Waals surface area contributed by atoms with Crippen LogP contribution in [0, 0.1) is 0 Å². The number of aromatic nitrogens is 1. The SMILES string of the molecule is Nc1cc(C(F)(F)F)nc(OC(F)(F)F)c1C(F)F. The molecule has 0 unspecified atom stereocenters. The van der Waals surface area contributed by atoms with E-state index in [1.165, 1.54) is 0 Å². The third-order valence-corrected chi connectivity index (χ3v) is 1.78. The molecule has 1 aromatic heterocycles. The second-order valence-corrected chi connectivity index (χ2v) is 3.16. The van der Waals surface area contributed by atoms with Crippen molar-refractivity contribution in [2.24, 2.45) is 0 Å². The molecule has 108 valence electrons. The van der Waals surface area contributed by atoms with Crippen LogP contribution < -0.4 is 10.5 Å². The molecule has 3 nitrogen and oxygen atoms in total. The molecular formula is C8H4F8N2O. The minimum absolute atomic E-state index is 0.00469. The van der Waals surface area contributed by atoms with Gasteiger partial charge in [0.1, 0.15) is 5.56 Å². The molecule has 19 heavy (non-hydrogen) atoms. The number of alkyl halides is 8. The van der Waals surface area contributed by atoms with Crippen molar-refractivity contribution < 1.29 is 39.9 Å². The van der Waals surface area contributed by atoms with Crippen LogP contribution in [-0.2, 0) is 6.18 Å². The van der Waals surface area contributed by atoms with Gasteiger partial charge < -0.3 is 10.5 Å². The smallest absolute Gasteiger partial charge is 0.398 e. The number of nitrogen functional groups attached to an aromatic ring is 1. The Bertz CT molecular complexity index is 467. The molecule has 0 atom stereocenters. The quantitative estimate of drug-likeness (QED) is 0.849. The molecule has 1 aromatic rings. The van der Waals surface area contributed by atoms with Gasteiger partial charge in [-0.1, -0.05) is 0 Å². The first-order chi connectivity index (χ1) is 8.42. The van der Waals surface area contributed by atoms with Crippen molar-refractivity contribution in [2.75, 3.05) is 5.73 Å². The van der Waals surface area contributed by atoms with Crippen LogP contribution in [0.4, 0.5) is 40.8 Å². The van der Waals surface area contributed by atoms with Crippen LogP contribution in [-0.4, -0.2) is 11.3 Å². The maximum Gasteiger partial charge on any atom is 0.574 e. The Hall–Kier alpha value is -1.81. The van der Waals surface area contributed by atoms with E-state index >= 15 is 0 Å². The standard InChI is InChI=1S/C8H4F8N2O/c9-5(10)4-2(17)1-3(7(11,12)13)18-6(4)19-8(14,15)16/h1,5H,(H2,17,18). The average Bonchev–Trinajstić information content (AvgIpc) is 2.11. The summed E-state index contributed by atoms with van der Waals surface area (Å²) >= 11 is 0. The van der Waals surface area contributed by atoms with Gasteiger partial charge >= 0.3 is 12.5 Å². The van der Waals surface area contributed by atoms with Crippen molar-refractivity contribution in [3.63, 3.8) is 0 Å². The van der Waals surface area contributed by atoms with Crippen LogP contribution >= 0.6 is 0 Å². The summed E-state index contributed by atoms with van der Waals surface area (Å²) in [6.45, 7) is 0. The number of ether oxygens (including phenoxy) is 1. The molecule has 0 aliphatic carbocycles. The van der Waals surface area contributed by atoms with E-state index in [0.29, 0.717) is 0 Å². The molecule has 1 heterocycles. The lowest BCUT2D eigenvalue weighted by molar-refractivity contribution is -0.277. The summed E-state index contributed by atoms with van der Waals surface area (Å²) in [5.41, 5.74) is 0.256. The minimum atomic E-state index is -5.48. The maximum absolute atomic E-state index is 12.4. The van der Waals surface area contributed by atoms with Gasteiger partial charge in [0, 0.05) is 5.69 Å². The van der Waals surface area contributed by atoms with E-state index in [1.54, 1.807) is 0 Å². The lowest BCUT2D eigenvalue weighted by Crippen LogP contribution is -2.21. The highest BCUT2D eigenvalue weighted by molar-refractivity contribution is 5.53. The van der Waals surface area contributed by atoms with Crippen LogP contribution in [0.3, 0.4) is 0 Å². The minimum Gasteiger partial charge on any atom is -0.398 e. The van der Waals surface area contributed by atoms with Crippen LogP contribution in [0.25, 0.3) is 0 Å². The molecule has 2 N–H and O–H groups in total. The highest BCUT2D eigenvalue weighted by Crippen LogP contribution is 2.39. The Kier molecular flexibility index (Phi) is 3.77. The van der Waals surface area contributed by atoms with Crippen molar-refractivity contribution >= 4 is 5.69 Å². The fraction of sp³-hybridized carbons (Fsp3) is 0.375. The summed E-state index contributed by atoms with van der Waals surface area (Å²) in [5, 5.41) is 0. The fourth-order valence-electron chi connectivity index (χ4n) is 1.10. The molecular weight excluding hydrogens is 292 g/mol. The van der Waals surface area contributed by atoms with E-state index in [1.807, 2.05) is 0 Å². The lowest BCUT2D eigenvalue weighted by atomic mass is 10.2. The van der Waals surface area contributed by atoms with E-state index in [2.05, 4.69) is 9.72 Å². The first-order valence-corrected chi connectivity index (χ1v) is 4.33. The number of nitrogens with zero attached hydrogens (tertiary/aromatic N) is 1. The summed E-state index contributed by atoms with van der Waals surface area (Å²) in [7, 11) is 0. The van der Waals surface area contributed by atoms with Gasteiger partial charge in [0.05, 0.1) is 0 Å². The highest BCUT2D eigenvalue weighted by Gasteiger charge is 2.39. The topological polar surface area (TPSA) is 48.1 Å². The predicted molar refractivity (Wildman–Crippen MR) is 45.3 cm³/mol. The van der Waals surface area contributed by atoms with Crippen LogP contribution in [0.5, 0.6) is 5.88 Å². The normalized spacial score (nSPS) is 12.9. The van der Waals surface area contributed by atoms with Gasteiger partial charge in [-0.3, -0.25) is 0 Å². The first-order valence-electron chi connectivity index (χ1n) is 4.33. The lowest BCUT2D eigenvalue weighted by Gasteiger charge is -2.16. The summed E-state index contributed by atoms with van der Waals surface area (Å²) < 4.78 is 100. The Labute approximate surface area is 99.5 Å². The molecule has 0 aliphatic rings.